The quantitative estimate of drug-likeness (QED) is 0.793. The molecule has 17 heavy (non-hydrogen) atoms. The molecule has 0 aliphatic rings. The summed E-state index contributed by atoms with van der Waals surface area (Å²) in [6, 6.07) is 4.91. The molecule has 0 radical (unpaired) electrons. The van der Waals surface area contributed by atoms with Gasteiger partial charge in [0.25, 0.3) is 0 Å². The number of benzene rings is 1. The summed E-state index contributed by atoms with van der Waals surface area (Å²) in [5.41, 5.74) is 0.980. The Morgan fingerprint density at radius 3 is 2.76 bits per heavy atom. The Balaban J connectivity index is 2.55. The SMILES string of the molecule is CCNC(COC)COc1cc(C)ccc1F. The van der Waals surface area contributed by atoms with Crippen LogP contribution >= 0.6 is 0 Å². The van der Waals surface area contributed by atoms with Gasteiger partial charge >= 0.3 is 0 Å². The van der Waals surface area contributed by atoms with E-state index in [1.54, 1.807) is 19.2 Å². The van der Waals surface area contributed by atoms with Crippen molar-refractivity contribution >= 4 is 0 Å². The van der Waals surface area contributed by atoms with E-state index in [0.717, 1.165) is 12.1 Å². The standard InChI is InChI=1S/C13H20FNO2/c1-4-15-11(8-16-3)9-17-13-7-10(2)5-6-12(13)14/h5-7,11,15H,4,8-9H2,1-3H3. The van der Waals surface area contributed by atoms with Crippen molar-refractivity contribution in [2.75, 3.05) is 26.9 Å². The second-order valence-electron chi connectivity index (χ2n) is 3.95. The first-order valence-electron chi connectivity index (χ1n) is 5.78. The molecular weight excluding hydrogens is 221 g/mol. The van der Waals surface area contributed by atoms with Gasteiger partial charge in [-0.1, -0.05) is 13.0 Å². The van der Waals surface area contributed by atoms with Crippen LogP contribution in [0.5, 0.6) is 5.75 Å². The van der Waals surface area contributed by atoms with Gasteiger partial charge in [0.05, 0.1) is 12.6 Å². The molecule has 1 atom stereocenters. The molecule has 0 heterocycles. The summed E-state index contributed by atoms with van der Waals surface area (Å²) in [7, 11) is 1.64. The fourth-order valence-corrected chi connectivity index (χ4v) is 1.57. The van der Waals surface area contributed by atoms with E-state index >= 15 is 0 Å². The zero-order valence-corrected chi connectivity index (χ0v) is 10.6. The van der Waals surface area contributed by atoms with Crippen LogP contribution in [-0.4, -0.2) is 32.9 Å². The van der Waals surface area contributed by atoms with Gasteiger partial charge in [0.1, 0.15) is 6.61 Å². The molecule has 0 aliphatic carbocycles. The fourth-order valence-electron chi connectivity index (χ4n) is 1.57. The Bertz CT molecular complexity index is 338. The van der Waals surface area contributed by atoms with E-state index in [0.29, 0.717) is 19.0 Å². The molecular formula is C13H20FNO2. The van der Waals surface area contributed by atoms with Gasteiger partial charge in [-0.2, -0.15) is 0 Å². The maximum absolute atomic E-state index is 13.4. The van der Waals surface area contributed by atoms with Crippen molar-refractivity contribution < 1.29 is 13.9 Å². The van der Waals surface area contributed by atoms with Crippen molar-refractivity contribution in [2.24, 2.45) is 0 Å². The van der Waals surface area contributed by atoms with Gasteiger partial charge in [0.15, 0.2) is 11.6 Å². The average Bonchev–Trinajstić information content (AvgIpc) is 2.30. The molecule has 4 heteroatoms. The number of nitrogens with one attached hydrogen (secondary N) is 1. The predicted molar refractivity (Wildman–Crippen MR) is 66.0 cm³/mol. The summed E-state index contributed by atoms with van der Waals surface area (Å²) >= 11 is 0. The third kappa shape index (κ3) is 4.71. The van der Waals surface area contributed by atoms with Gasteiger partial charge in [-0.3, -0.25) is 0 Å². The van der Waals surface area contributed by atoms with Gasteiger partial charge in [-0.05, 0) is 31.2 Å². The molecule has 96 valence electrons. The molecule has 0 fully saturated rings. The highest BCUT2D eigenvalue weighted by molar-refractivity contribution is 5.29. The maximum atomic E-state index is 13.4. The molecule has 1 unspecified atom stereocenters. The van der Waals surface area contributed by atoms with E-state index in [-0.39, 0.29) is 11.9 Å². The normalized spacial score (nSPS) is 12.5. The van der Waals surface area contributed by atoms with Crippen LogP contribution in [0.1, 0.15) is 12.5 Å². The van der Waals surface area contributed by atoms with Crippen LogP contribution < -0.4 is 10.1 Å². The zero-order chi connectivity index (χ0) is 12.7. The van der Waals surface area contributed by atoms with E-state index in [9.17, 15) is 4.39 Å². The van der Waals surface area contributed by atoms with Crippen molar-refractivity contribution in [3.63, 3.8) is 0 Å². The number of hydrogen-bond acceptors (Lipinski definition) is 3. The van der Waals surface area contributed by atoms with Crippen molar-refractivity contribution in [2.45, 2.75) is 19.9 Å². The van der Waals surface area contributed by atoms with Gasteiger partial charge < -0.3 is 14.8 Å². The fraction of sp³-hybridized carbons (Fsp3) is 0.538. The van der Waals surface area contributed by atoms with Crippen LogP contribution in [0.25, 0.3) is 0 Å². The first-order valence-corrected chi connectivity index (χ1v) is 5.78. The highest BCUT2D eigenvalue weighted by atomic mass is 19.1. The average molecular weight is 241 g/mol. The Hall–Kier alpha value is -1.13. The maximum Gasteiger partial charge on any atom is 0.165 e. The highest BCUT2D eigenvalue weighted by Gasteiger charge is 2.10. The summed E-state index contributed by atoms with van der Waals surface area (Å²) in [6.45, 7) is 5.68. The van der Waals surface area contributed by atoms with Gasteiger partial charge in [0.2, 0.25) is 0 Å². The number of likely N-dealkylation sites (N-methyl/N-ethyl adjacent to an activating group) is 1. The molecule has 1 N–H and O–H groups in total. The minimum atomic E-state index is -0.330. The molecule has 0 bridgehead atoms. The summed E-state index contributed by atoms with van der Waals surface area (Å²) in [6.07, 6.45) is 0. The van der Waals surface area contributed by atoms with Crippen LogP contribution in [0.15, 0.2) is 18.2 Å². The third-order valence-electron chi connectivity index (χ3n) is 2.39. The number of rotatable bonds is 7. The van der Waals surface area contributed by atoms with Crippen molar-refractivity contribution in [3.05, 3.63) is 29.6 Å². The summed E-state index contributed by atoms with van der Waals surface area (Å²) in [5, 5.41) is 3.22. The lowest BCUT2D eigenvalue weighted by molar-refractivity contribution is 0.135. The van der Waals surface area contributed by atoms with Crippen LogP contribution in [0.2, 0.25) is 0 Å². The minimum Gasteiger partial charge on any atom is -0.489 e. The minimum absolute atomic E-state index is 0.0740. The second kappa shape index (κ2) is 7.25. The smallest absolute Gasteiger partial charge is 0.165 e. The summed E-state index contributed by atoms with van der Waals surface area (Å²) in [4.78, 5) is 0. The number of aryl methyl sites for hydroxylation is 1. The monoisotopic (exact) mass is 241 g/mol. The van der Waals surface area contributed by atoms with Gasteiger partial charge in [-0.25, -0.2) is 4.39 Å². The van der Waals surface area contributed by atoms with Crippen LogP contribution in [-0.2, 0) is 4.74 Å². The lowest BCUT2D eigenvalue weighted by Crippen LogP contribution is -2.38. The van der Waals surface area contributed by atoms with Gasteiger partial charge in [-0.15, -0.1) is 0 Å². The Morgan fingerprint density at radius 1 is 1.35 bits per heavy atom. The molecule has 0 saturated heterocycles. The van der Waals surface area contributed by atoms with E-state index in [1.165, 1.54) is 6.07 Å². The number of halogens is 1. The van der Waals surface area contributed by atoms with E-state index in [4.69, 9.17) is 9.47 Å². The molecule has 3 nitrogen and oxygen atoms in total. The Morgan fingerprint density at radius 2 is 2.12 bits per heavy atom. The molecule has 0 saturated carbocycles. The van der Waals surface area contributed by atoms with Crippen molar-refractivity contribution in [1.29, 1.82) is 0 Å². The van der Waals surface area contributed by atoms with Crippen molar-refractivity contribution in [3.8, 4) is 5.75 Å². The molecule has 0 aliphatic heterocycles. The van der Waals surface area contributed by atoms with Crippen molar-refractivity contribution in [1.82, 2.24) is 5.32 Å². The van der Waals surface area contributed by atoms with E-state index < -0.39 is 0 Å². The van der Waals surface area contributed by atoms with Crippen LogP contribution in [0.4, 0.5) is 4.39 Å². The largest absolute Gasteiger partial charge is 0.489 e. The lowest BCUT2D eigenvalue weighted by Gasteiger charge is -2.18. The molecule has 0 spiro atoms. The Labute approximate surface area is 102 Å². The Kier molecular flexibility index (Phi) is 5.94. The zero-order valence-electron chi connectivity index (χ0n) is 10.6. The van der Waals surface area contributed by atoms with Crippen LogP contribution in [0, 0.1) is 12.7 Å². The highest BCUT2D eigenvalue weighted by Crippen LogP contribution is 2.18. The topological polar surface area (TPSA) is 30.5 Å². The second-order valence-corrected chi connectivity index (χ2v) is 3.95. The number of methoxy groups -OCH3 is 1. The first-order chi connectivity index (χ1) is 8.17. The summed E-state index contributed by atoms with van der Waals surface area (Å²) in [5.74, 6) is -0.0349. The first kappa shape index (κ1) is 13.9. The predicted octanol–water partition coefficient (Wildman–Crippen LogP) is 2.14. The lowest BCUT2D eigenvalue weighted by atomic mass is 10.2. The molecule has 1 aromatic rings. The molecule has 1 rings (SSSR count). The van der Waals surface area contributed by atoms with Crippen LogP contribution in [0.3, 0.4) is 0 Å². The van der Waals surface area contributed by atoms with Gasteiger partial charge in [0, 0.05) is 7.11 Å². The molecule has 1 aromatic carbocycles. The molecule has 0 aromatic heterocycles. The molecule has 0 amide bonds. The third-order valence-corrected chi connectivity index (χ3v) is 2.39. The number of ether oxygens (including phenoxy) is 2. The number of hydrogen-bond donors (Lipinski definition) is 1. The van der Waals surface area contributed by atoms with E-state index in [2.05, 4.69) is 5.32 Å². The van der Waals surface area contributed by atoms with E-state index in [1.807, 2.05) is 13.8 Å². The summed E-state index contributed by atoms with van der Waals surface area (Å²) < 4.78 is 23.9.